The molecule has 0 aromatic heterocycles. The molecule has 2 aromatic rings. The maximum Gasteiger partial charge on any atom is 0.261 e. The van der Waals surface area contributed by atoms with Crippen LogP contribution in [0.4, 0.5) is 15.8 Å². The normalized spacial score (nSPS) is 10.3. The second-order valence-electron chi connectivity index (χ2n) is 4.08. The smallest absolute Gasteiger partial charge is 0.261 e. The van der Waals surface area contributed by atoms with Gasteiger partial charge >= 0.3 is 0 Å². The molecule has 1 amide bonds. The van der Waals surface area contributed by atoms with Crippen LogP contribution in [-0.2, 0) is 0 Å². The Morgan fingerprint density at radius 3 is 2.47 bits per heavy atom. The summed E-state index contributed by atoms with van der Waals surface area (Å²) in [6, 6.07) is 11.1. The zero-order valence-electron chi connectivity index (χ0n) is 10.2. The van der Waals surface area contributed by atoms with Gasteiger partial charge in [-0.15, -0.1) is 0 Å². The van der Waals surface area contributed by atoms with Crippen molar-refractivity contribution in [3.8, 4) is 0 Å². The molecule has 2 N–H and O–H groups in total. The molecule has 0 aliphatic heterocycles. The topological polar surface area (TPSA) is 46.3 Å². The van der Waals surface area contributed by atoms with Gasteiger partial charge in [0.25, 0.3) is 5.91 Å². The fourth-order valence-electron chi connectivity index (χ4n) is 1.66. The van der Waals surface area contributed by atoms with Crippen LogP contribution in [0, 0.1) is 5.82 Å². The molecule has 0 aliphatic rings. The van der Waals surface area contributed by atoms with Crippen molar-refractivity contribution in [2.75, 3.05) is 17.7 Å². The molecule has 0 radical (unpaired) electrons. The SMILES string of the molecule is CN(C(=O)c1cc(Br)ccc1F)c1ccc(N)cc1. The largest absolute Gasteiger partial charge is 0.399 e. The van der Waals surface area contributed by atoms with Crippen LogP contribution in [0.1, 0.15) is 10.4 Å². The number of nitrogens with zero attached hydrogens (tertiary/aromatic N) is 1. The molecule has 0 spiro atoms. The first kappa shape index (κ1) is 13.5. The molecule has 0 atom stereocenters. The fourth-order valence-corrected chi connectivity index (χ4v) is 2.02. The Morgan fingerprint density at radius 1 is 1.21 bits per heavy atom. The lowest BCUT2D eigenvalue weighted by Gasteiger charge is -2.18. The molecular weight excluding hydrogens is 311 g/mol. The summed E-state index contributed by atoms with van der Waals surface area (Å²) in [5.74, 6) is -0.959. The van der Waals surface area contributed by atoms with E-state index in [1.165, 1.54) is 17.0 Å². The third kappa shape index (κ3) is 2.93. The standard InChI is InChI=1S/C14H12BrFN2O/c1-18(11-5-3-10(17)4-6-11)14(19)12-8-9(15)2-7-13(12)16/h2-8H,17H2,1H3. The van der Waals surface area contributed by atoms with Crippen molar-refractivity contribution in [2.45, 2.75) is 0 Å². The lowest BCUT2D eigenvalue weighted by Crippen LogP contribution is -2.27. The first-order chi connectivity index (χ1) is 8.99. The van der Waals surface area contributed by atoms with E-state index in [0.717, 1.165) is 0 Å². The lowest BCUT2D eigenvalue weighted by atomic mass is 10.1. The number of nitrogen functional groups attached to an aromatic ring is 1. The minimum atomic E-state index is -0.546. The average Bonchev–Trinajstić information content (AvgIpc) is 2.41. The van der Waals surface area contributed by atoms with Gasteiger partial charge in [0.05, 0.1) is 5.56 Å². The second kappa shape index (κ2) is 5.40. The third-order valence-electron chi connectivity index (χ3n) is 2.74. The van der Waals surface area contributed by atoms with Crippen molar-refractivity contribution in [1.82, 2.24) is 0 Å². The molecule has 0 bridgehead atoms. The average molecular weight is 323 g/mol. The summed E-state index contributed by atoms with van der Waals surface area (Å²) in [5.41, 5.74) is 6.87. The van der Waals surface area contributed by atoms with Crippen molar-refractivity contribution >= 4 is 33.2 Å². The number of amides is 1. The van der Waals surface area contributed by atoms with Crippen LogP contribution in [0.25, 0.3) is 0 Å². The molecule has 2 rings (SSSR count). The van der Waals surface area contributed by atoms with E-state index < -0.39 is 11.7 Å². The van der Waals surface area contributed by atoms with E-state index >= 15 is 0 Å². The van der Waals surface area contributed by atoms with E-state index in [2.05, 4.69) is 15.9 Å². The summed E-state index contributed by atoms with van der Waals surface area (Å²) in [7, 11) is 1.59. The number of hydrogen-bond acceptors (Lipinski definition) is 2. The summed E-state index contributed by atoms with van der Waals surface area (Å²) in [6.07, 6.45) is 0. The summed E-state index contributed by atoms with van der Waals surface area (Å²) >= 11 is 3.23. The van der Waals surface area contributed by atoms with Crippen molar-refractivity contribution in [2.24, 2.45) is 0 Å². The van der Waals surface area contributed by atoms with Crippen LogP contribution in [0.15, 0.2) is 46.9 Å². The number of anilines is 2. The number of nitrogens with two attached hydrogens (primary N) is 1. The van der Waals surface area contributed by atoms with Crippen LogP contribution in [0.2, 0.25) is 0 Å². The molecule has 0 fully saturated rings. The molecule has 0 saturated carbocycles. The zero-order valence-corrected chi connectivity index (χ0v) is 11.8. The van der Waals surface area contributed by atoms with Gasteiger partial charge in [-0.25, -0.2) is 4.39 Å². The summed E-state index contributed by atoms with van der Waals surface area (Å²) in [4.78, 5) is 13.6. The van der Waals surface area contributed by atoms with Crippen molar-refractivity contribution in [3.63, 3.8) is 0 Å². The quantitative estimate of drug-likeness (QED) is 0.861. The van der Waals surface area contributed by atoms with Gasteiger partial charge in [-0.2, -0.15) is 0 Å². The lowest BCUT2D eigenvalue weighted by molar-refractivity contribution is 0.0989. The Kier molecular flexibility index (Phi) is 3.85. The van der Waals surface area contributed by atoms with Crippen LogP contribution in [-0.4, -0.2) is 13.0 Å². The van der Waals surface area contributed by atoms with Crippen molar-refractivity contribution < 1.29 is 9.18 Å². The molecule has 98 valence electrons. The first-order valence-electron chi connectivity index (χ1n) is 5.57. The van der Waals surface area contributed by atoms with E-state index in [-0.39, 0.29) is 5.56 Å². The van der Waals surface area contributed by atoms with E-state index in [0.29, 0.717) is 15.8 Å². The maximum absolute atomic E-state index is 13.7. The van der Waals surface area contributed by atoms with E-state index in [1.54, 1.807) is 37.4 Å². The highest BCUT2D eigenvalue weighted by molar-refractivity contribution is 9.10. The number of hydrogen-bond donors (Lipinski definition) is 1. The van der Waals surface area contributed by atoms with Gasteiger partial charge < -0.3 is 10.6 Å². The third-order valence-corrected chi connectivity index (χ3v) is 3.24. The van der Waals surface area contributed by atoms with Gasteiger partial charge in [-0.05, 0) is 42.5 Å². The van der Waals surface area contributed by atoms with Crippen LogP contribution < -0.4 is 10.6 Å². The van der Waals surface area contributed by atoms with Crippen LogP contribution in [0.3, 0.4) is 0 Å². The van der Waals surface area contributed by atoms with Gasteiger partial charge in [0.15, 0.2) is 0 Å². The van der Waals surface area contributed by atoms with Gasteiger partial charge in [-0.3, -0.25) is 4.79 Å². The minimum absolute atomic E-state index is 0.0219. The number of benzene rings is 2. The number of carbonyl (C=O) groups excluding carboxylic acids is 1. The van der Waals surface area contributed by atoms with E-state index in [4.69, 9.17) is 5.73 Å². The Hall–Kier alpha value is -1.88. The van der Waals surface area contributed by atoms with Gasteiger partial charge in [-0.1, -0.05) is 15.9 Å². The monoisotopic (exact) mass is 322 g/mol. The Labute approximate surface area is 119 Å². The predicted molar refractivity (Wildman–Crippen MR) is 77.7 cm³/mol. The minimum Gasteiger partial charge on any atom is -0.399 e. The van der Waals surface area contributed by atoms with Crippen molar-refractivity contribution in [3.05, 3.63) is 58.3 Å². The second-order valence-corrected chi connectivity index (χ2v) is 5.00. The molecule has 0 saturated heterocycles. The van der Waals surface area contributed by atoms with Crippen LogP contribution in [0.5, 0.6) is 0 Å². The number of carbonyl (C=O) groups is 1. The Morgan fingerprint density at radius 2 is 1.84 bits per heavy atom. The zero-order chi connectivity index (χ0) is 14.0. The fraction of sp³-hybridized carbons (Fsp3) is 0.0714. The van der Waals surface area contributed by atoms with E-state index in [9.17, 15) is 9.18 Å². The molecular formula is C14H12BrFN2O. The van der Waals surface area contributed by atoms with Crippen LogP contribution >= 0.6 is 15.9 Å². The first-order valence-corrected chi connectivity index (χ1v) is 6.37. The van der Waals surface area contributed by atoms with Gasteiger partial charge in [0.1, 0.15) is 5.82 Å². The summed E-state index contributed by atoms with van der Waals surface area (Å²) < 4.78 is 14.3. The van der Waals surface area contributed by atoms with Gasteiger partial charge in [0.2, 0.25) is 0 Å². The molecule has 3 nitrogen and oxygen atoms in total. The number of halogens is 2. The van der Waals surface area contributed by atoms with E-state index in [1.807, 2.05) is 0 Å². The Bertz CT molecular complexity index is 613. The molecule has 5 heteroatoms. The summed E-state index contributed by atoms with van der Waals surface area (Å²) in [6.45, 7) is 0. The molecule has 0 unspecified atom stereocenters. The predicted octanol–water partition coefficient (Wildman–Crippen LogP) is 3.45. The maximum atomic E-state index is 13.7. The Balaban J connectivity index is 2.33. The molecule has 19 heavy (non-hydrogen) atoms. The highest BCUT2D eigenvalue weighted by Crippen LogP contribution is 2.21. The highest BCUT2D eigenvalue weighted by Gasteiger charge is 2.17. The summed E-state index contributed by atoms with van der Waals surface area (Å²) in [5, 5.41) is 0. The molecule has 0 aliphatic carbocycles. The molecule has 0 heterocycles. The highest BCUT2D eigenvalue weighted by atomic mass is 79.9. The van der Waals surface area contributed by atoms with Crippen molar-refractivity contribution in [1.29, 1.82) is 0 Å². The molecule has 2 aromatic carbocycles. The number of rotatable bonds is 2. The van der Waals surface area contributed by atoms with Gasteiger partial charge in [0, 0.05) is 22.9 Å².